The standard InChI is InChI=1S/C20H17NO3S/c1-21(2)10-14-17-15(19(23)16-8-5-9-25-16)11-24-20(17)13-7-4-3-6-12(13)18(14)22/h3-9,11,22H,10H2,1-2H3/p+1. The summed E-state index contributed by atoms with van der Waals surface area (Å²) in [4.78, 5) is 14.8. The summed E-state index contributed by atoms with van der Waals surface area (Å²) < 4.78 is 5.82. The predicted octanol–water partition coefficient (Wildman–Crippen LogP) is 3.23. The maximum atomic E-state index is 12.9. The molecule has 0 fully saturated rings. The van der Waals surface area contributed by atoms with Gasteiger partial charge in [0.1, 0.15) is 24.1 Å². The van der Waals surface area contributed by atoms with E-state index in [4.69, 9.17) is 4.42 Å². The molecular weight excluding hydrogens is 334 g/mol. The Labute approximate surface area is 148 Å². The Morgan fingerprint density at radius 2 is 1.92 bits per heavy atom. The Bertz CT molecular complexity index is 1080. The lowest BCUT2D eigenvalue weighted by molar-refractivity contribution is -0.872. The lowest BCUT2D eigenvalue weighted by Gasteiger charge is -2.13. The fourth-order valence-electron chi connectivity index (χ4n) is 3.26. The molecule has 0 aliphatic rings. The van der Waals surface area contributed by atoms with Crippen molar-refractivity contribution in [2.45, 2.75) is 6.54 Å². The molecule has 0 aliphatic carbocycles. The summed E-state index contributed by atoms with van der Waals surface area (Å²) in [7, 11) is 4.03. The SMILES string of the molecule is C[NH+](C)Cc1c(O)c2ccccc2c2occ(C(=O)c3cccs3)c12. The van der Waals surface area contributed by atoms with Crippen LogP contribution in [0.15, 0.2) is 52.5 Å². The third-order valence-corrected chi connectivity index (χ3v) is 5.19. The lowest BCUT2D eigenvalue weighted by atomic mass is 9.96. The van der Waals surface area contributed by atoms with E-state index >= 15 is 0 Å². The topological polar surface area (TPSA) is 54.9 Å². The molecule has 5 heteroatoms. The highest BCUT2D eigenvalue weighted by Gasteiger charge is 2.25. The summed E-state index contributed by atoms with van der Waals surface area (Å²) in [5.74, 6) is 0.157. The van der Waals surface area contributed by atoms with Crippen LogP contribution in [-0.2, 0) is 6.54 Å². The Balaban J connectivity index is 2.08. The molecule has 4 rings (SSSR count). The van der Waals surface area contributed by atoms with Gasteiger partial charge in [-0.3, -0.25) is 4.79 Å². The van der Waals surface area contributed by atoms with Gasteiger partial charge >= 0.3 is 0 Å². The van der Waals surface area contributed by atoms with Crippen LogP contribution >= 0.6 is 11.3 Å². The number of phenolic OH excluding ortho intramolecular Hbond substituents is 1. The molecule has 0 amide bonds. The number of fused-ring (bicyclic) bond motifs is 3. The van der Waals surface area contributed by atoms with Crippen molar-refractivity contribution >= 4 is 38.9 Å². The number of thiophene rings is 1. The van der Waals surface area contributed by atoms with Crippen LogP contribution in [0.2, 0.25) is 0 Å². The van der Waals surface area contributed by atoms with Crippen LogP contribution < -0.4 is 4.90 Å². The van der Waals surface area contributed by atoms with Crippen LogP contribution in [0.3, 0.4) is 0 Å². The Morgan fingerprint density at radius 1 is 1.16 bits per heavy atom. The Hall–Kier alpha value is -2.63. The summed E-state index contributed by atoms with van der Waals surface area (Å²) in [5, 5.41) is 15.1. The molecule has 2 aromatic carbocycles. The monoisotopic (exact) mass is 352 g/mol. The van der Waals surface area contributed by atoms with Crippen molar-refractivity contribution in [1.29, 1.82) is 0 Å². The average Bonchev–Trinajstić information content (AvgIpc) is 3.27. The summed E-state index contributed by atoms with van der Waals surface area (Å²) in [6.45, 7) is 0.595. The highest BCUT2D eigenvalue weighted by Crippen LogP contribution is 2.40. The smallest absolute Gasteiger partial charge is 0.206 e. The number of carbonyl (C=O) groups is 1. The van der Waals surface area contributed by atoms with Gasteiger partial charge in [-0.2, -0.15) is 0 Å². The number of benzene rings is 2. The molecule has 0 spiro atoms. The van der Waals surface area contributed by atoms with Gasteiger partial charge in [0.15, 0.2) is 0 Å². The van der Waals surface area contributed by atoms with Crippen LogP contribution in [0.4, 0.5) is 0 Å². The molecule has 2 N–H and O–H groups in total. The molecule has 25 heavy (non-hydrogen) atoms. The van der Waals surface area contributed by atoms with Crippen molar-refractivity contribution in [3.63, 3.8) is 0 Å². The van der Waals surface area contributed by atoms with E-state index in [0.717, 1.165) is 26.6 Å². The number of nitrogens with one attached hydrogen (secondary N) is 1. The van der Waals surface area contributed by atoms with E-state index in [1.165, 1.54) is 17.6 Å². The van der Waals surface area contributed by atoms with Crippen molar-refractivity contribution in [2.24, 2.45) is 0 Å². The molecule has 2 heterocycles. The predicted molar refractivity (Wildman–Crippen MR) is 99.7 cm³/mol. The number of furan rings is 1. The minimum absolute atomic E-state index is 0.0709. The summed E-state index contributed by atoms with van der Waals surface area (Å²) >= 11 is 1.41. The summed E-state index contributed by atoms with van der Waals surface area (Å²) in [6, 6.07) is 11.2. The van der Waals surface area contributed by atoms with Crippen molar-refractivity contribution in [1.82, 2.24) is 0 Å². The maximum Gasteiger partial charge on any atom is 0.206 e. The first-order chi connectivity index (χ1) is 12.1. The Kier molecular flexibility index (Phi) is 3.82. The van der Waals surface area contributed by atoms with Crippen LogP contribution in [-0.4, -0.2) is 25.0 Å². The van der Waals surface area contributed by atoms with Gasteiger partial charge < -0.3 is 14.4 Å². The van der Waals surface area contributed by atoms with Gasteiger partial charge in [-0.05, 0) is 11.4 Å². The fourth-order valence-corrected chi connectivity index (χ4v) is 3.94. The molecule has 2 aromatic heterocycles. The van der Waals surface area contributed by atoms with Gasteiger partial charge in [0, 0.05) is 16.2 Å². The van der Waals surface area contributed by atoms with E-state index in [-0.39, 0.29) is 11.5 Å². The number of rotatable bonds is 4. The maximum absolute atomic E-state index is 12.9. The first-order valence-corrected chi connectivity index (χ1v) is 8.97. The van der Waals surface area contributed by atoms with Gasteiger partial charge in [-0.1, -0.05) is 30.3 Å². The lowest BCUT2D eigenvalue weighted by Crippen LogP contribution is -3.04. The highest BCUT2D eigenvalue weighted by atomic mass is 32.1. The highest BCUT2D eigenvalue weighted by molar-refractivity contribution is 7.12. The van der Waals surface area contributed by atoms with Gasteiger partial charge in [-0.25, -0.2) is 0 Å². The minimum Gasteiger partial charge on any atom is -0.507 e. The van der Waals surface area contributed by atoms with Crippen LogP contribution in [0, 0.1) is 0 Å². The average molecular weight is 352 g/mol. The zero-order valence-electron chi connectivity index (χ0n) is 14.0. The molecule has 0 bridgehead atoms. The van der Waals surface area contributed by atoms with Crippen molar-refractivity contribution in [3.8, 4) is 5.75 Å². The number of hydrogen-bond acceptors (Lipinski definition) is 4. The van der Waals surface area contributed by atoms with E-state index in [1.807, 2.05) is 55.9 Å². The van der Waals surface area contributed by atoms with E-state index in [0.29, 0.717) is 22.6 Å². The van der Waals surface area contributed by atoms with Crippen molar-refractivity contribution in [3.05, 3.63) is 64.0 Å². The van der Waals surface area contributed by atoms with Gasteiger partial charge in [0.25, 0.3) is 0 Å². The van der Waals surface area contributed by atoms with Crippen LogP contribution in [0.1, 0.15) is 20.8 Å². The number of aromatic hydroxyl groups is 1. The molecule has 0 unspecified atom stereocenters. The van der Waals surface area contributed by atoms with Crippen LogP contribution in [0.25, 0.3) is 21.7 Å². The second-order valence-corrected chi connectivity index (χ2v) is 7.36. The number of quaternary nitrogens is 1. The van der Waals surface area contributed by atoms with Crippen molar-refractivity contribution < 1.29 is 19.2 Å². The van der Waals surface area contributed by atoms with Gasteiger partial charge in [-0.15, -0.1) is 11.3 Å². The molecule has 4 nitrogen and oxygen atoms in total. The normalized spacial score (nSPS) is 11.6. The third kappa shape index (κ3) is 2.52. The van der Waals surface area contributed by atoms with Crippen molar-refractivity contribution in [2.75, 3.05) is 14.1 Å². The molecule has 0 saturated heterocycles. The van der Waals surface area contributed by atoms with E-state index in [1.54, 1.807) is 0 Å². The zero-order chi connectivity index (χ0) is 17.6. The second-order valence-electron chi connectivity index (χ2n) is 6.42. The minimum atomic E-state index is -0.0709. The van der Waals surface area contributed by atoms with E-state index in [9.17, 15) is 9.90 Å². The van der Waals surface area contributed by atoms with Crippen LogP contribution in [0.5, 0.6) is 5.75 Å². The second kappa shape index (κ2) is 6.02. The summed E-state index contributed by atoms with van der Waals surface area (Å²) in [5.41, 5.74) is 1.92. The molecule has 0 aliphatic heterocycles. The molecule has 0 saturated carbocycles. The first-order valence-electron chi connectivity index (χ1n) is 8.09. The summed E-state index contributed by atoms with van der Waals surface area (Å²) in [6.07, 6.45) is 1.52. The number of ketones is 1. The van der Waals surface area contributed by atoms with E-state index < -0.39 is 0 Å². The van der Waals surface area contributed by atoms with Gasteiger partial charge in [0.05, 0.1) is 30.1 Å². The molecule has 0 atom stereocenters. The Morgan fingerprint density at radius 3 is 2.60 bits per heavy atom. The molecule has 4 aromatic rings. The largest absolute Gasteiger partial charge is 0.507 e. The molecular formula is C20H18NO3S+. The molecule has 126 valence electrons. The zero-order valence-corrected chi connectivity index (χ0v) is 14.8. The quantitative estimate of drug-likeness (QED) is 0.555. The first kappa shape index (κ1) is 15.9. The third-order valence-electron chi connectivity index (χ3n) is 4.33. The number of hydrogen-bond donors (Lipinski definition) is 2. The van der Waals surface area contributed by atoms with E-state index in [2.05, 4.69) is 0 Å². The number of carbonyl (C=O) groups excluding carboxylic acids is 1. The van der Waals surface area contributed by atoms with Gasteiger partial charge in [0.2, 0.25) is 5.78 Å². The molecule has 0 radical (unpaired) electrons. The number of phenols is 1. The fraction of sp³-hybridized carbons (Fsp3) is 0.150.